The number of carbonyl (C=O) groups is 1. The maximum atomic E-state index is 12.2. The molecule has 0 unspecified atom stereocenters. The molecule has 0 aliphatic carbocycles. The molecule has 9 heteroatoms. The van der Waals surface area contributed by atoms with Gasteiger partial charge < -0.3 is 14.6 Å². The van der Waals surface area contributed by atoms with Gasteiger partial charge in [0, 0.05) is 6.54 Å². The van der Waals surface area contributed by atoms with Crippen molar-refractivity contribution < 1.29 is 9.53 Å². The monoisotopic (exact) mass is 389 g/mol. The molecule has 26 heavy (non-hydrogen) atoms. The summed E-state index contributed by atoms with van der Waals surface area (Å²) in [4.78, 5) is 16.7. The number of aryl methyl sites for hydroxylation is 1. The Balaban J connectivity index is 1.63. The van der Waals surface area contributed by atoms with Gasteiger partial charge in [-0.25, -0.2) is 4.98 Å². The third kappa shape index (κ3) is 4.23. The Labute approximate surface area is 159 Å². The van der Waals surface area contributed by atoms with Crippen LogP contribution in [0.2, 0.25) is 0 Å². The number of rotatable bonds is 8. The second-order valence-electron chi connectivity index (χ2n) is 5.35. The van der Waals surface area contributed by atoms with Crippen LogP contribution in [0.15, 0.2) is 36.0 Å². The fraction of sp³-hybridized carbons (Fsp3) is 0.294. The lowest BCUT2D eigenvalue weighted by Crippen LogP contribution is -2.14. The molecule has 7 nitrogen and oxygen atoms in total. The largest absolute Gasteiger partial charge is 0.494 e. The summed E-state index contributed by atoms with van der Waals surface area (Å²) < 4.78 is 8.38. The third-order valence-electron chi connectivity index (χ3n) is 3.46. The van der Waals surface area contributed by atoms with E-state index in [1.807, 2.05) is 36.6 Å². The van der Waals surface area contributed by atoms with Gasteiger partial charge >= 0.3 is 0 Å². The number of benzene rings is 1. The molecule has 0 bridgehead atoms. The predicted molar refractivity (Wildman–Crippen MR) is 105 cm³/mol. The Morgan fingerprint density at radius 1 is 1.46 bits per heavy atom. The number of nitrogens with zero attached hydrogens (tertiary/aromatic N) is 4. The van der Waals surface area contributed by atoms with E-state index in [2.05, 4.69) is 27.1 Å². The van der Waals surface area contributed by atoms with Crippen LogP contribution < -0.4 is 10.1 Å². The van der Waals surface area contributed by atoms with Crippen molar-refractivity contribution in [3.8, 4) is 5.75 Å². The predicted octanol–water partition coefficient (Wildman–Crippen LogP) is 3.51. The van der Waals surface area contributed by atoms with Gasteiger partial charge in [0.05, 0.1) is 22.6 Å². The van der Waals surface area contributed by atoms with E-state index in [-0.39, 0.29) is 11.7 Å². The molecule has 2 heterocycles. The van der Waals surface area contributed by atoms with E-state index >= 15 is 0 Å². The highest BCUT2D eigenvalue weighted by molar-refractivity contribution is 7.99. The first-order valence-corrected chi connectivity index (χ1v) is 9.87. The van der Waals surface area contributed by atoms with Gasteiger partial charge in [-0.2, -0.15) is 0 Å². The van der Waals surface area contributed by atoms with Gasteiger partial charge in [0.15, 0.2) is 10.3 Å². The fourth-order valence-electron chi connectivity index (χ4n) is 2.31. The number of thiazole rings is 1. The van der Waals surface area contributed by atoms with E-state index in [4.69, 9.17) is 4.74 Å². The number of ether oxygens (including phenoxy) is 1. The number of hydrogen-bond acceptors (Lipinski definition) is 7. The molecule has 0 aliphatic heterocycles. The van der Waals surface area contributed by atoms with Crippen LogP contribution in [0.3, 0.4) is 0 Å². The van der Waals surface area contributed by atoms with Crippen LogP contribution in [0.25, 0.3) is 10.2 Å². The first-order valence-electron chi connectivity index (χ1n) is 8.07. The van der Waals surface area contributed by atoms with Crippen molar-refractivity contribution in [1.82, 2.24) is 19.7 Å². The van der Waals surface area contributed by atoms with E-state index in [0.29, 0.717) is 23.4 Å². The SMILES string of the molecule is C=CCn1c(C)nnc1SCC(=O)Nc1nc2ccc(OCC)cc2s1. The average molecular weight is 390 g/mol. The van der Waals surface area contributed by atoms with Crippen LogP contribution in [0.1, 0.15) is 12.7 Å². The minimum atomic E-state index is -0.134. The van der Waals surface area contributed by atoms with Crippen LogP contribution in [0, 0.1) is 6.92 Å². The highest BCUT2D eigenvalue weighted by Crippen LogP contribution is 2.29. The number of fused-ring (bicyclic) bond motifs is 1. The van der Waals surface area contributed by atoms with Crippen molar-refractivity contribution >= 4 is 44.4 Å². The van der Waals surface area contributed by atoms with Crippen molar-refractivity contribution in [1.29, 1.82) is 0 Å². The summed E-state index contributed by atoms with van der Waals surface area (Å²) in [6.07, 6.45) is 1.78. The topological polar surface area (TPSA) is 81.9 Å². The van der Waals surface area contributed by atoms with E-state index in [1.54, 1.807) is 6.08 Å². The highest BCUT2D eigenvalue weighted by Gasteiger charge is 2.13. The summed E-state index contributed by atoms with van der Waals surface area (Å²) in [5.74, 6) is 1.69. The molecule has 0 aliphatic rings. The van der Waals surface area contributed by atoms with Crippen molar-refractivity contribution in [3.63, 3.8) is 0 Å². The van der Waals surface area contributed by atoms with Gasteiger partial charge in [0.2, 0.25) is 5.91 Å². The van der Waals surface area contributed by atoms with Crippen LogP contribution in [-0.2, 0) is 11.3 Å². The number of anilines is 1. The number of carbonyl (C=O) groups excluding carboxylic acids is 1. The molecule has 136 valence electrons. The van der Waals surface area contributed by atoms with Crippen LogP contribution in [0.4, 0.5) is 5.13 Å². The highest BCUT2D eigenvalue weighted by atomic mass is 32.2. The lowest BCUT2D eigenvalue weighted by Gasteiger charge is -2.04. The number of allylic oxidation sites excluding steroid dienone is 1. The molecule has 3 rings (SSSR count). The molecule has 1 aromatic carbocycles. The number of hydrogen-bond donors (Lipinski definition) is 1. The van der Waals surface area contributed by atoms with Gasteiger partial charge in [0.25, 0.3) is 0 Å². The van der Waals surface area contributed by atoms with Crippen molar-refractivity contribution in [3.05, 3.63) is 36.7 Å². The van der Waals surface area contributed by atoms with Gasteiger partial charge in [-0.1, -0.05) is 29.2 Å². The lowest BCUT2D eigenvalue weighted by molar-refractivity contribution is -0.113. The number of nitrogens with one attached hydrogen (secondary N) is 1. The van der Waals surface area contributed by atoms with Crippen molar-refractivity contribution in [2.75, 3.05) is 17.7 Å². The van der Waals surface area contributed by atoms with Gasteiger partial charge in [-0.3, -0.25) is 4.79 Å². The second-order valence-corrected chi connectivity index (χ2v) is 7.32. The number of amides is 1. The van der Waals surface area contributed by atoms with E-state index in [9.17, 15) is 4.79 Å². The van der Waals surface area contributed by atoms with Crippen molar-refractivity contribution in [2.24, 2.45) is 0 Å². The average Bonchev–Trinajstić information content (AvgIpc) is 3.17. The Bertz CT molecular complexity index is 935. The smallest absolute Gasteiger partial charge is 0.236 e. The second kappa shape index (κ2) is 8.33. The molecular formula is C17H19N5O2S2. The summed E-state index contributed by atoms with van der Waals surface area (Å²) in [6.45, 7) is 8.77. The quantitative estimate of drug-likeness (QED) is 0.469. The molecule has 0 fully saturated rings. The van der Waals surface area contributed by atoms with Crippen LogP contribution in [-0.4, -0.2) is 38.0 Å². The summed E-state index contributed by atoms with van der Waals surface area (Å²) >= 11 is 2.76. The maximum absolute atomic E-state index is 12.2. The summed E-state index contributed by atoms with van der Waals surface area (Å²) in [5, 5.41) is 12.2. The summed E-state index contributed by atoms with van der Waals surface area (Å²) in [6, 6.07) is 5.70. The minimum Gasteiger partial charge on any atom is -0.494 e. The number of thioether (sulfide) groups is 1. The molecule has 0 radical (unpaired) electrons. The molecule has 2 aromatic heterocycles. The summed E-state index contributed by atoms with van der Waals surface area (Å²) in [5.41, 5.74) is 0.836. The first-order chi connectivity index (χ1) is 12.6. The standard InChI is InChI=1S/C17H19N5O2S2/c1-4-8-22-11(3)20-21-17(22)25-10-15(23)19-16-18-13-7-6-12(24-5-2)9-14(13)26-16/h4,6-7,9H,1,5,8,10H2,2-3H3,(H,18,19,23). The Morgan fingerprint density at radius 3 is 3.08 bits per heavy atom. The van der Waals surface area contributed by atoms with Crippen molar-refractivity contribution in [2.45, 2.75) is 25.5 Å². The molecular weight excluding hydrogens is 370 g/mol. The first kappa shape index (κ1) is 18.4. The Kier molecular flexibility index (Phi) is 5.89. The van der Waals surface area contributed by atoms with Gasteiger partial charge in [-0.15, -0.1) is 16.8 Å². The van der Waals surface area contributed by atoms with E-state index in [0.717, 1.165) is 21.8 Å². The Morgan fingerprint density at radius 2 is 2.31 bits per heavy atom. The zero-order chi connectivity index (χ0) is 18.5. The van der Waals surface area contributed by atoms with E-state index < -0.39 is 0 Å². The minimum absolute atomic E-state index is 0.134. The Hall–Kier alpha value is -2.39. The zero-order valence-electron chi connectivity index (χ0n) is 14.6. The molecule has 0 atom stereocenters. The lowest BCUT2D eigenvalue weighted by atomic mass is 10.3. The van der Waals surface area contributed by atoms with Crippen LogP contribution >= 0.6 is 23.1 Å². The van der Waals surface area contributed by atoms with E-state index in [1.165, 1.54) is 23.1 Å². The molecule has 1 amide bonds. The molecule has 0 saturated carbocycles. The molecule has 0 spiro atoms. The van der Waals surface area contributed by atoms with Gasteiger partial charge in [-0.05, 0) is 32.0 Å². The number of aromatic nitrogens is 4. The summed E-state index contributed by atoms with van der Waals surface area (Å²) in [7, 11) is 0. The zero-order valence-corrected chi connectivity index (χ0v) is 16.2. The molecule has 3 aromatic rings. The third-order valence-corrected chi connectivity index (χ3v) is 5.36. The molecule has 1 N–H and O–H groups in total. The normalized spacial score (nSPS) is 10.8. The van der Waals surface area contributed by atoms with Gasteiger partial charge in [0.1, 0.15) is 11.6 Å². The molecule has 0 saturated heterocycles. The fourth-order valence-corrected chi connectivity index (χ4v) is 4.01. The van der Waals surface area contributed by atoms with Crippen LogP contribution in [0.5, 0.6) is 5.75 Å². The maximum Gasteiger partial charge on any atom is 0.236 e.